The first kappa shape index (κ1) is 16.0. The highest BCUT2D eigenvalue weighted by Gasteiger charge is 2.21. The zero-order chi connectivity index (χ0) is 15.6. The molecule has 0 N–H and O–H groups in total. The van der Waals surface area contributed by atoms with Gasteiger partial charge in [-0.3, -0.25) is 4.79 Å². The molecule has 0 radical (unpaired) electrons. The largest absolute Gasteiger partial charge is 0.335 e. The fourth-order valence-corrected chi connectivity index (χ4v) is 2.52. The van der Waals surface area contributed by atoms with Crippen LogP contribution in [-0.2, 0) is 0 Å². The molecule has 0 aliphatic heterocycles. The van der Waals surface area contributed by atoms with E-state index < -0.39 is 0 Å². The van der Waals surface area contributed by atoms with Crippen LogP contribution in [0, 0.1) is 6.92 Å². The molecule has 1 atom stereocenters. The highest BCUT2D eigenvalue weighted by Crippen LogP contribution is 2.24. The number of halogens is 2. The van der Waals surface area contributed by atoms with Crippen LogP contribution >= 0.6 is 27.5 Å². The van der Waals surface area contributed by atoms with Gasteiger partial charge in [0.2, 0.25) is 0 Å². The number of hydrogen-bond acceptors (Lipinski definition) is 2. The molecule has 3 nitrogen and oxygen atoms in total. The molecule has 21 heavy (non-hydrogen) atoms. The first-order valence-electron chi connectivity index (χ1n) is 6.55. The van der Waals surface area contributed by atoms with Crippen LogP contribution in [-0.4, -0.2) is 22.8 Å². The lowest BCUT2D eigenvalue weighted by molar-refractivity contribution is 0.0742. The fraction of sp³-hybridized carbons (Fsp3) is 0.250. The Morgan fingerprint density at radius 1 is 1.33 bits per heavy atom. The van der Waals surface area contributed by atoms with Gasteiger partial charge in [0, 0.05) is 17.7 Å². The Hall–Kier alpha value is -1.39. The van der Waals surface area contributed by atoms with E-state index in [4.69, 9.17) is 11.6 Å². The third-order valence-electron chi connectivity index (χ3n) is 3.50. The number of amides is 1. The second-order valence-corrected chi connectivity index (χ2v) is 6.27. The lowest BCUT2D eigenvalue weighted by atomic mass is 10.0. The monoisotopic (exact) mass is 366 g/mol. The van der Waals surface area contributed by atoms with Gasteiger partial charge in [-0.15, -0.1) is 0 Å². The van der Waals surface area contributed by atoms with Gasteiger partial charge >= 0.3 is 0 Å². The first-order chi connectivity index (χ1) is 9.90. The second-order valence-electron chi connectivity index (χ2n) is 4.99. The predicted molar refractivity (Wildman–Crippen MR) is 88.6 cm³/mol. The van der Waals surface area contributed by atoms with E-state index in [1.54, 1.807) is 24.2 Å². The molecule has 110 valence electrons. The Bertz CT molecular complexity index is 658. The maximum absolute atomic E-state index is 12.6. The van der Waals surface area contributed by atoms with E-state index >= 15 is 0 Å². The van der Waals surface area contributed by atoms with Gasteiger partial charge in [-0.2, -0.15) is 0 Å². The zero-order valence-corrected chi connectivity index (χ0v) is 14.4. The maximum atomic E-state index is 12.6. The average Bonchev–Trinajstić information content (AvgIpc) is 2.48. The van der Waals surface area contributed by atoms with Crippen LogP contribution in [0.2, 0.25) is 5.15 Å². The van der Waals surface area contributed by atoms with Gasteiger partial charge in [-0.05, 0) is 41.4 Å². The zero-order valence-electron chi connectivity index (χ0n) is 12.1. The Labute approximate surface area is 138 Å². The van der Waals surface area contributed by atoms with E-state index in [9.17, 15) is 4.79 Å². The standard InChI is InChI=1S/C16H16BrClN2O/c1-10-4-6-12(7-5-10)11(2)20(3)16(21)14-8-13(17)9-19-15(14)18/h4-9,11H,1-3H3. The Morgan fingerprint density at radius 3 is 2.57 bits per heavy atom. The SMILES string of the molecule is Cc1ccc(C(C)N(C)C(=O)c2cc(Br)cnc2Cl)cc1. The first-order valence-corrected chi connectivity index (χ1v) is 7.72. The van der Waals surface area contributed by atoms with Crippen molar-refractivity contribution in [3.05, 3.63) is 62.8 Å². The molecule has 1 amide bonds. The summed E-state index contributed by atoms with van der Waals surface area (Å²) >= 11 is 9.34. The van der Waals surface area contributed by atoms with Crippen LogP contribution in [0.15, 0.2) is 41.0 Å². The summed E-state index contributed by atoms with van der Waals surface area (Å²) in [6.07, 6.45) is 1.57. The normalized spacial score (nSPS) is 12.0. The molecule has 2 aromatic rings. The van der Waals surface area contributed by atoms with Gasteiger partial charge < -0.3 is 4.90 Å². The summed E-state index contributed by atoms with van der Waals surface area (Å²) in [7, 11) is 1.77. The van der Waals surface area contributed by atoms with Gasteiger partial charge in [0.25, 0.3) is 5.91 Å². The summed E-state index contributed by atoms with van der Waals surface area (Å²) in [6, 6.07) is 9.79. The minimum Gasteiger partial charge on any atom is -0.335 e. The third-order valence-corrected chi connectivity index (χ3v) is 4.23. The lowest BCUT2D eigenvalue weighted by Gasteiger charge is -2.25. The molecule has 0 bridgehead atoms. The lowest BCUT2D eigenvalue weighted by Crippen LogP contribution is -2.30. The molecule has 1 aromatic carbocycles. The van der Waals surface area contributed by atoms with Gasteiger partial charge in [0.1, 0.15) is 5.15 Å². The van der Waals surface area contributed by atoms with Gasteiger partial charge in [0.05, 0.1) is 11.6 Å². The molecule has 1 unspecified atom stereocenters. The van der Waals surface area contributed by atoms with E-state index in [2.05, 4.69) is 20.9 Å². The molecule has 0 spiro atoms. The summed E-state index contributed by atoms with van der Waals surface area (Å²) < 4.78 is 0.728. The number of benzene rings is 1. The fourth-order valence-electron chi connectivity index (χ4n) is 2.01. The van der Waals surface area contributed by atoms with Gasteiger partial charge in [-0.1, -0.05) is 41.4 Å². The number of nitrogens with zero attached hydrogens (tertiary/aromatic N) is 2. The van der Waals surface area contributed by atoms with Gasteiger partial charge in [0.15, 0.2) is 0 Å². The molecule has 2 rings (SSSR count). The highest BCUT2D eigenvalue weighted by molar-refractivity contribution is 9.10. The van der Waals surface area contributed by atoms with E-state index in [1.165, 1.54) is 5.56 Å². The molecular formula is C16H16BrClN2O. The number of carbonyl (C=O) groups is 1. The Balaban J connectivity index is 2.26. The van der Waals surface area contributed by atoms with Crippen LogP contribution < -0.4 is 0 Å². The topological polar surface area (TPSA) is 33.2 Å². The van der Waals surface area contributed by atoms with E-state index in [0.29, 0.717) is 5.56 Å². The highest BCUT2D eigenvalue weighted by atomic mass is 79.9. The minimum atomic E-state index is -0.151. The van der Waals surface area contributed by atoms with E-state index in [1.807, 2.05) is 38.1 Å². The molecule has 0 fully saturated rings. The van der Waals surface area contributed by atoms with E-state index in [0.717, 1.165) is 10.0 Å². The summed E-state index contributed by atoms with van der Waals surface area (Å²) in [5.41, 5.74) is 2.67. The molecule has 0 saturated heterocycles. The Kier molecular flexibility index (Phi) is 5.01. The summed E-state index contributed by atoms with van der Waals surface area (Å²) in [6.45, 7) is 4.03. The van der Waals surface area contributed by atoms with Crippen molar-refractivity contribution in [2.75, 3.05) is 7.05 Å². The maximum Gasteiger partial charge on any atom is 0.257 e. The van der Waals surface area contributed by atoms with Crippen molar-refractivity contribution >= 4 is 33.4 Å². The molecular weight excluding hydrogens is 352 g/mol. The van der Waals surface area contributed by atoms with Crippen LogP contribution in [0.4, 0.5) is 0 Å². The molecule has 0 aliphatic carbocycles. The number of aryl methyl sites for hydroxylation is 1. The predicted octanol–water partition coefficient (Wildman–Crippen LogP) is 4.64. The number of rotatable bonds is 3. The molecule has 1 aromatic heterocycles. The summed E-state index contributed by atoms with van der Waals surface area (Å²) in [4.78, 5) is 18.2. The number of hydrogen-bond donors (Lipinski definition) is 0. The number of aromatic nitrogens is 1. The van der Waals surface area contributed by atoms with Crippen molar-refractivity contribution in [3.8, 4) is 0 Å². The molecule has 1 heterocycles. The second kappa shape index (κ2) is 6.58. The average molecular weight is 368 g/mol. The quantitative estimate of drug-likeness (QED) is 0.740. The van der Waals surface area contributed by atoms with Crippen molar-refractivity contribution in [2.45, 2.75) is 19.9 Å². The van der Waals surface area contributed by atoms with Crippen molar-refractivity contribution in [1.29, 1.82) is 0 Å². The van der Waals surface area contributed by atoms with E-state index in [-0.39, 0.29) is 17.1 Å². The van der Waals surface area contributed by atoms with Crippen LogP contribution in [0.5, 0.6) is 0 Å². The van der Waals surface area contributed by atoms with Crippen LogP contribution in [0.1, 0.15) is 34.5 Å². The number of carbonyl (C=O) groups excluding carboxylic acids is 1. The summed E-state index contributed by atoms with van der Waals surface area (Å²) in [5.74, 6) is -0.151. The van der Waals surface area contributed by atoms with Gasteiger partial charge in [-0.25, -0.2) is 4.98 Å². The van der Waals surface area contributed by atoms with Crippen molar-refractivity contribution in [3.63, 3.8) is 0 Å². The minimum absolute atomic E-state index is 0.0480. The van der Waals surface area contributed by atoms with Crippen molar-refractivity contribution in [1.82, 2.24) is 9.88 Å². The Morgan fingerprint density at radius 2 is 1.95 bits per heavy atom. The smallest absolute Gasteiger partial charge is 0.257 e. The summed E-state index contributed by atoms with van der Waals surface area (Å²) in [5, 5.41) is 0.214. The molecule has 5 heteroatoms. The third kappa shape index (κ3) is 3.63. The van der Waals surface area contributed by atoms with Crippen LogP contribution in [0.3, 0.4) is 0 Å². The molecule has 0 saturated carbocycles. The van der Waals surface area contributed by atoms with Crippen molar-refractivity contribution < 1.29 is 4.79 Å². The number of pyridine rings is 1. The van der Waals surface area contributed by atoms with Crippen LogP contribution in [0.25, 0.3) is 0 Å². The molecule has 0 aliphatic rings. The van der Waals surface area contributed by atoms with Crippen molar-refractivity contribution in [2.24, 2.45) is 0 Å².